The van der Waals surface area contributed by atoms with Crippen LogP contribution in [0.1, 0.15) is 92.4 Å². The molecule has 9 atom stereocenters. The molecule has 4 aliphatic rings. The van der Waals surface area contributed by atoms with E-state index >= 15 is 0 Å². The van der Waals surface area contributed by atoms with Crippen molar-refractivity contribution in [1.82, 2.24) is 0 Å². The van der Waals surface area contributed by atoms with Gasteiger partial charge in [0.25, 0.3) is 5.92 Å². The predicted molar refractivity (Wildman–Crippen MR) is 120 cm³/mol. The first-order chi connectivity index (χ1) is 14.2. The minimum atomic E-state index is -3.04. The van der Waals surface area contributed by atoms with Crippen molar-refractivity contribution in [3.05, 3.63) is 11.6 Å². The van der Waals surface area contributed by atoms with E-state index in [1.54, 1.807) is 0 Å². The van der Waals surface area contributed by atoms with Crippen LogP contribution < -0.4 is 5.73 Å². The third-order valence-electron chi connectivity index (χ3n) is 10.5. The van der Waals surface area contributed by atoms with Crippen LogP contribution in [0.25, 0.3) is 0 Å². The Balaban J connectivity index is 1.61. The second-order valence-corrected chi connectivity index (χ2v) is 12.6. The number of fused-ring (bicyclic) bond motifs is 5. The molecular formula is C26H43F2NO2. The molecule has 0 aromatic carbocycles. The minimum absolute atomic E-state index is 0.0265. The van der Waals surface area contributed by atoms with Gasteiger partial charge in [-0.05, 0) is 99.7 Å². The van der Waals surface area contributed by atoms with Crippen molar-refractivity contribution in [2.24, 2.45) is 40.2 Å². The fraction of sp³-hybridized carbons (Fsp3) is 0.923. The summed E-state index contributed by atoms with van der Waals surface area (Å²) >= 11 is 0. The van der Waals surface area contributed by atoms with Crippen LogP contribution in [0.3, 0.4) is 0 Å². The van der Waals surface area contributed by atoms with E-state index in [-0.39, 0.29) is 34.6 Å². The van der Waals surface area contributed by atoms with E-state index in [1.165, 1.54) is 12.5 Å². The van der Waals surface area contributed by atoms with E-state index < -0.39 is 17.6 Å². The molecule has 5 heteroatoms. The van der Waals surface area contributed by atoms with Crippen molar-refractivity contribution >= 4 is 0 Å². The summed E-state index contributed by atoms with van der Waals surface area (Å²) in [5.74, 6) is -2.24. The van der Waals surface area contributed by atoms with Crippen LogP contribution in [0.5, 0.6) is 0 Å². The smallest absolute Gasteiger partial charge is 0.273 e. The van der Waals surface area contributed by atoms with Crippen molar-refractivity contribution in [2.75, 3.05) is 0 Å². The second kappa shape index (κ2) is 7.24. The van der Waals surface area contributed by atoms with Crippen molar-refractivity contribution < 1.29 is 19.0 Å². The topological polar surface area (TPSA) is 66.5 Å². The van der Waals surface area contributed by atoms with Gasteiger partial charge in [0.1, 0.15) is 6.10 Å². The maximum atomic E-state index is 14.3. The molecule has 0 amide bonds. The van der Waals surface area contributed by atoms with E-state index in [0.717, 1.165) is 51.4 Å². The molecule has 0 saturated heterocycles. The van der Waals surface area contributed by atoms with Gasteiger partial charge < -0.3 is 15.9 Å². The molecule has 0 bridgehead atoms. The van der Waals surface area contributed by atoms with E-state index in [4.69, 9.17) is 5.73 Å². The number of hydrogen-bond donors (Lipinski definition) is 3. The van der Waals surface area contributed by atoms with Crippen LogP contribution in [0.4, 0.5) is 8.78 Å². The second-order valence-electron chi connectivity index (χ2n) is 12.6. The number of halogens is 2. The Morgan fingerprint density at radius 3 is 2.42 bits per heavy atom. The molecule has 3 nitrogen and oxygen atoms in total. The van der Waals surface area contributed by atoms with E-state index in [0.29, 0.717) is 11.8 Å². The Bertz CT molecular complexity index is 750. The van der Waals surface area contributed by atoms with Crippen molar-refractivity contribution in [1.29, 1.82) is 0 Å². The Hall–Kier alpha value is -0.520. The quantitative estimate of drug-likeness (QED) is 0.511. The molecule has 0 heterocycles. The van der Waals surface area contributed by atoms with Gasteiger partial charge in [-0.25, -0.2) is 8.78 Å². The summed E-state index contributed by atoms with van der Waals surface area (Å²) in [6.07, 6.45) is 7.86. The first kappa shape index (κ1) is 23.6. The van der Waals surface area contributed by atoms with Gasteiger partial charge in [-0.15, -0.1) is 0 Å². The Kier molecular flexibility index (Phi) is 5.52. The predicted octanol–water partition coefficient (Wildman–Crippen LogP) is 5.44. The molecular weight excluding hydrogens is 396 g/mol. The number of aliphatic hydroxyl groups excluding tert-OH is 1. The van der Waals surface area contributed by atoms with Gasteiger partial charge in [-0.2, -0.15) is 0 Å². The van der Waals surface area contributed by atoms with E-state index in [1.807, 2.05) is 13.8 Å². The molecule has 0 aromatic rings. The fourth-order valence-electron chi connectivity index (χ4n) is 8.74. The highest BCUT2D eigenvalue weighted by molar-refractivity contribution is 5.31. The van der Waals surface area contributed by atoms with Gasteiger partial charge in [0.2, 0.25) is 0 Å². The molecule has 4 aliphatic carbocycles. The van der Waals surface area contributed by atoms with Crippen molar-refractivity contribution in [2.45, 2.75) is 116 Å². The average Bonchev–Trinajstić information content (AvgIpc) is 3.00. The van der Waals surface area contributed by atoms with Crippen molar-refractivity contribution in [3.63, 3.8) is 0 Å². The highest BCUT2D eigenvalue weighted by Gasteiger charge is 2.65. The number of hydrogen-bond acceptors (Lipinski definition) is 3. The highest BCUT2D eigenvalue weighted by Crippen LogP contribution is 2.68. The Morgan fingerprint density at radius 1 is 1.10 bits per heavy atom. The third-order valence-corrected chi connectivity index (χ3v) is 10.5. The highest BCUT2D eigenvalue weighted by atomic mass is 19.3. The molecule has 0 unspecified atom stereocenters. The summed E-state index contributed by atoms with van der Waals surface area (Å²) in [6, 6.07) is 0. The normalized spacial score (nSPS) is 49.5. The van der Waals surface area contributed by atoms with E-state index in [9.17, 15) is 19.0 Å². The summed E-state index contributed by atoms with van der Waals surface area (Å²) in [6.45, 7) is 9.76. The van der Waals surface area contributed by atoms with Crippen LogP contribution in [-0.4, -0.2) is 33.4 Å². The third kappa shape index (κ3) is 3.52. The Morgan fingerprint density at radius 2 is 1.77 bits per heavy atom. The maximum absolute atomic E-state index is 14.3. The molecule has 0 aromatic heterocycles. The molecule has 3 saturated carbocycles. The number of alkyl halides is 2. The van der Waals surface area contributed by atoms with Gasteiger partial charge in [0.05, 0.1) is 5.60 Å². The summed E-state index contributed by atoms with van der Waals surface area (Å²) in [4.78, 5) is 0. The van der Waals surface area contributed by atoms with Gasteiger partial charge in [-0.1, -0.05) is 32.4 Å². The number of nitrogens with two attached hydrogens (primary N) is 1. The van der Waals surface area contributed by atoms with Gasteiger partial charge in [-0.3, -0.25) is 0 Å². The zero-order valence-corrected chi connectivity index (χ0v) is 20.1. The molecule has 178 valence electrons. The molecule has 3 fully saturated rings. The van der Waals surface area contributed by atoms with Crippen LogP contribution in [0.15, 0.2) is 11.6 Å². The standard InChI is InChI=1S/C26H43F2NO2/c1-16(14-26(27,28)17(2)30)19-6-7-20-24(19,5)10-9-21-23(4)13-12-22(3,31)15-18(23)8-11-25(20,21)29/h8,16-17,19-21,30-31H,6-7,9-15,29H2,1-5H3/t16-,17+,19-,20-,21-,22+,23+,24-,25-/m1/s1. The molecule has 0 radical (unpaired) electrons. The van der Waals surface area contributed by atoms with Gasteiger partial charge in [0, 0.05) is 12.0 Å². The van der Waals surface area contributed by atoms with Crippen molar-refractivity contribution in [3.8, 4) is 0 Å². The summed E-state index contributed by atoms with van der Waals surface area (Å²) in [7, 11) is 0. The van der Waals surface area contributed by atoms with Crippen LogP contribution in [0.2, 0.25) is 0 Å². The maximum Gasteiger partial charge on any atom is 0.273 e. The van der Waals surface area contributed by atoms with Gasteiger partial charge in [0.15, 0.2) is 0 Å². The first-order valence-electron chi connectivity index (χ1n) is 12.4. The summed E-state index contributed by atoms with van der Waals surface area (Å²) in [5.41, 5.74) is 7.82. The lowest BCUT2D eigenvalue weighted by atomic mass is 9.43. The minimum Gasteiger partial charge on any atom is -0.390 e. The molecule has 4 N–H and O–H groups in total. The molecule has 0 spiro atoms. The summed E-state index contributed by atoms with van der Waals surface area (Å²) < 4.78 is 28.7. The average molecular weight is 440 g/mol. The van der Waals surface area contributed by atoms with Crippen LogP contribution in [-0.2, 0) is 0 Å². The number of aliphatic hydroxyl groups is 2. The lowest BCUT2D eigenvalue weighted by Gasteiger charge is -2.63. The van der Waals surface area contributed by atoms with E-state index in [2.05, 4.69) is 19.9 Å². The SMILES string of the molecule is C[C@H](CC(F)(F)[C@H](C)O)[C@H]1CC[C@@H]2[C@]1(C)CC[C@H]1[C@@]2(N)CC=C2C[C@@](C)(O)CC[C@@]21C. The zero-order chi connectivity index (χ0) is 23.0. The lowest BCUT2D eigenvalue weighted by molar-refractivity contribution is -0.126. The molecule has 0 aliphatic heterocycles. The van der Waals surface area contributed by atoms with Crippen LogP contribution in [0, 0.1) is 34.5 Å². The fourth-order valence-corrected chi connectivity index (χ4v) is 8.74. The first-order valence-corrected chi connectivity index (χ1v) is 12.4. The summed E-state index contributed by atoms with van der Waals surface area (Å²) in [5, 5.41) is 20.2. The largest absolute Gasteiger partial charge is 0.390 e. The zero-order valence-electron chi connectivity index (χ0n) is 20.1. The van der Waals surface area contributed by atoms with Crippen LogP contribution >= 0.6 is 0 Å². The molecule has 4 rings (SSSR count). The monoisotopic (exact) mass is 439 g/mol. The lowest BCUT2D eigenvalue weighted by Crippen LogP contribution is -2.66. The van der Waals surface area contributed by atoms with Gasteiger partial charge >= 0.3 is 0 Å². The number of rotatable bonds is 4. The Labute approximate surface area is 186 Å². The molecule has 31 heavy (non-hydrogen) atoms.